The number of hydrogen-bond acceptors (Lipinski definition) is 4. The number of aryl methyl sites for hydroxylation is 1. The molecule has 0 unspecified atom stereocenters. The first-order valence-corrected chi connectivity index (χ1v) is 8.36. The van der Waals surface area contributed by atoms with Gasteiger partial charge < -0.3 is 9.64 Å². The van der Waals surface area contributed by atoms with E-state index in [1.54, 1.807) is 4.90 Å². The Morgan fingerprint density at radius 3 is 2.91 bits per heavy atom. The summed E-state index contributed by atoms with van der Waals surface area (Å²) in [7, 11) is 3.64. The number of benzene rings is 1. The normalized spacial score (nSPS) is 25.3. The van der Waals surface area contributed by atoms with Crippen molar-refractivity contribution >= 4 is 5.91 Å². The number of carbonyl (C=O) groups excluding carboxylic acids is 1. The summed E-state index contributed by atoms with van der Waals surface area (Å²) in [6.07, 6.45) is 0.225. The van der Waals surface area contributed by atoms with Gasteiger partial charge in [-0.25, -0.2) is 0 Å². The summed E-state index contributed by atoms with van der Waals surface area (Å²) in [5.41, 5.74) is 2.65. The van der Waals surface area contributed by atoms with Gasteiger partial charge >= 0.3 is 0 Å². The molecule has 23 heavy (non-hydrogen) atoms. The number of morpholine rings is 1. The van der Waals surface area contributed by atoms with Gasteiger partial charge in [0.05, 0.1) is 25.3 Å². The lowest BCUT2D eigenvalue weighted by molar-refractivity contribution is -0.133. The zero-order valence-corrected chi connectivity index (χ0v) is 14.4. The Bertz CT molecular complexity index is 561. The molecule has 126 valence electrons. The topological polar surface area (TPSA) is 36.0 Å². The highest BCUT2D eigenvalue weighted by molar-refractivity contribution is 5.77. The van der Waals surface area contributed by atoms with Crippen molar-refractivity contribution in [2.24, 2.45) is 0 Å². The van der Waals surface area contributed by atoms with Crippen molar-refractivity contribution in [3.05, 3.63) is 35.4 Å². The molecule has 2 aliphatic heterocycles. The molecule has 3 rings (SSSR count). The van der Waals surface area contributed by atoms with Crippen molar-refractivity contribution in [1.82, 2.24) is 14.7 Å². The Balaban J connectivity index is 1.62. The van der Waals surface area contributed by atoms with Crippen LogP contribution in [0.15, 0.2) is 24.3 Å². The summed E-state index contributed by atoms with van der Waals surface area (Å²) in [5.74, 6) is 0.169. The van der Waals surface area contributed by atoms with Gasteiger partial charge in [0.2, 0.25) is 5.91 Å². The highest BCUT2D eigenvalue weighted by Crippen LogP contribution is 2.24. The lowest BCUT2D eigenvalue weighted by Gasteiger charge is -2.36. The maximum atomic E-state index is 12.0. The Morgan fingerprint density at radius 2 is 2.17 bits per heavy atom. The van der Waals surface area contributed by atoms with Gasteiger partial charge in [-0.15, -0.1) is 0 Å². The molecular weight excluding hydrogens is 290 g/mol. The maximum absolute atomic E-state index is 12.0. The molecule has 0 aromatic heterocycles. The van der Waals surface area contributed by atoms with E-state index in [0.29, 0.717) is 12.6 Å². The summed E-state index contributed by atoms with van der Waals surface area (Å²) < 4.78 is 5.96. The number of carbonyl (C=O) groups is 1. The van der Waals surface area contributed by atoms with E-state index in [1.165, 1.54) is 11.1 Å². The Kier molecular flexibility index (Phi) is 4.99. The molecule has 2 atom stereocenters. The van der Waals surface area contributed by atoms with Gasteiger partial charge in [-0.05, 0) is 12.5 Å². The van der Waals surface area contributed by atoms with Crippen LogP contribution in [0.4, 0.5) is 0 Å². The number of fused-ring (bicyclic) bond motifs is 1. The molecule has 0 N–H and O–H groups in total. The molecule has 0 spiro atoms. The van der Waals surface area contributed by atoms with Crippen molar-refractivity contribution in [2.75, 3.05) is 46.9 Å². The Morgan fingerprint density at radius 1 is 1.35 bits per heavy atom. The molecule has 2 fully saturated rings. The minimum Gasteiger partial charge on any atom is -0.374 e. The third-order valence-corrected chi connectivity index (χ3v) is 4.82. The third-order valence-electron chi connectivity index (χ3n) is 4.82. The molecule has 2 aliphatic rings. The molecule has 0 saturated carbocycles. The van der Waals surface area contributed by atoms with Crippen LogP contribution in [0.5, 0.6) is 0 Å². The molecular formula is C18H27N3O2. The highest BCUT2D eigenvalue weighted by atomic mass is 16.5. The molecule has 5 heteroatoms. The predicted molar refractivity (Wildman–Crippen MR) is 90.3 cm³/mol. The third kappa shape index (κ3) is 3.91. The first-order valence-electron chi connectivity index (χ1n) is 8.36. The Hall–Kier alpha value is -1.43. The van der Waals surface area contributed by atoms with Gasteiger partial charge in [-0.3, -0.25) is 14.6 Å². The van der Waals surface area contributed by atoms with Crippen LogP contribution in [0.2, 0.25) is 0 Å². The molecule has 1 aromatic carbocycles. The number of likely N-dealkylation sites (tertiary alicyclic amines) is 1. The van der Waals surface area contributed by atoms with E-state index in [0.717, 1.165) is 32.8 Å². The van der Waals surface area contributed by atoms with E-state index in [2.05, 4.69) is 41.0 Å². The zero-order chi connectivity index (χ0) is 16.4. The first kappa shape index (κ1) is 16.4. The number of likely N-dealkylation sites (N-methyl/N-ethyl adjacent to an activating group) is 1. The van der Waals surface area contributed by atoms with Crippen LogP contribution in [-0.2, 0) is 16.1 Å². The maximum Gasteiger partial charge on any atom is 0.236 e. The van der Waals surface area contributed by atoms with Crippen LogP contribution >= 0.6 is 0 Å². The molecule has 5 nitrogen and oxygen atoms in total. The van der Waals surface area contributed by atoms with Crippen LogP contribution in [0, 0.1) is 6.92 Å². The van der Waals surface area contributed by atoms with Crippen LogP contribution in [-0.4, -0.2) is 79.6 Å². The van der Waals surface area contributed by atoms with Crippen molar-refractivity contribution in [3.63, 3.8) is 0 Å². The molecule has 2 saturated heterocycles. The minimum atomic E-state index is 0.169. The van der Waals surface area contributed by atoms with Gasteiger partial charge in [0.15, 0.2) is 0 Å². The smallest absolute Gasteiger partial charge is 0.236 e. The molecule has 0 aliphatic carbocycles. The van der Waals surface area contributed by atoms with E-state index in [4.69, 9.17) is 4.74 Å². The molecule has 2 heterocycles. The van der Waals surface area contributed by atoms with Gasteiger partial charge in [0, 0.05) is 40.3 Å². The summed E-state index contributed by atoms with van der Waals surface area (Å²) in [4.78, 5) is 18.5. The second-order valence-electron chi connectivity index (χ2n) is 6.92. The fourth-order valence-electron chi connectivity index (χ4n) is 3.54. The summed E-state index contributed by atoms with van der Waals surface area (Å²) in [5, 5.41) is 0. The standard InChI is InChI=1S/C18H27N3O2/c1-14-5-4-6-15(9-14)10-20-11-16-17(12-20)23-8-7-21(16)13-18(22)19(2)3/h4-6,9,16-17H,7-8,10-13H2,1-3H3/t16-,17+/m0/s1. The van der Waals surface area contributed by atoms with E-state index in [1.807, 2.05) is 14.1 Å². The van der Waals surface area contributed by atoms with Gasteiger partial charge in [-0.2, -0.15) is 0 Å². The fraction of sp³-hybridized carbons (Fsp3) is 0.611. The summed E-state index contributed by atoms with van der Waals surface area (Å²) in [6.45, 7) is 7.07. The number of ether oxygens (including phenoxy) is 1. The van der Waals surface area contributed by atoms with Gasteiger partial charge in [-0.1, -0.05) is 29.8 Å². The first-order chi connectivity index (χ1) is 11.0. The fourth-order valence-corrected chi connectivity index (χ4v) is 3.54. The lowest BCUT2D eigenvalue weighted by atomic mass is 10.1. The number of amides is 1. The van der Waals surface area contributed by atoms with Crippen LogP contribution in [0.1, 0.15) is 11.1 Å². The van der Waals surface area contributed by atoms with E-state index in [-0.39, 0.29) is 12.0 Å². The quantitative estimate of drug-likeness (QED) is 0.829. The van der Waals surface area contributed by atoms with Gasteiger partial charge in [0.25, 0.3) is 0 Å². The number of rotatable bonds is 4. The van der Waals surface area contributed by atoms with Crippen molar-refractivity contribution in [1.29, 1.82) is 0 Å². The Labute approximate surface area is 138 Å². The number of hydrogen-bond donors (Lipinski definition) is 0. The van der Waals surface area contributed by atoms with Crippen LogP contribution in [0.3, 0.4) is 0 Å². The average molecular weight is 317 g/mol. The second-order valence-corrected chi connectivity index (χ2v) is 6.92. The molecule has 1 amide bonds. The van der Waals surface area contributed by atoms with E-state index in [9.17, 15) is 4.79 Å². The predicted octanol–water partition coefficient (Wildman–Crippen LogP) is 0.968. The average Bonchev–Trinajstić information content (AvgIpc) is 2.90. The molecule has 0 radical (unpaired) electrons. The van der Waals surface area contributed by atoms with Crippen molar-refractivity contribution < 1.29 is 9.53 Å². The number of nitrogens with zero attached hydrogens (tertiary/aromatic N) is 3. The van der Waals surface area contributed by atoms with Crippen molar-refractivity contribution in [3.8, 4) is 0 Å². The van der Waals surface area contributed by atoms with Crippen LogP contribution < -0.4 is 0 Å². The largest absolute Gasteiger partial charge is 0.374 e. The summed E-state index contributed by atoms with van der Waals surface area (Å²) >= 11 is 0. The van der Waals surface area contributed by atoms with E-state index >= 15 is 0 Å². The summed E-state index contributed by atoms with van der Waals surface area (Å²) in [6, 6.07) is 9.01. The monoisotopic (exact) mass is 317 g/mol. The second kappa shape index (κ2) is 6.99. The molecule has 1 aromatic rings. The van der Waals surface area contributed by atoms with Gasteiger partial charge in [0.1, 0.15) is 0 Å². The molecule has 0 bridgehead atoms. The van der Waals surface area contributed by atoms with E-state index < -0.39 is 0 Å². The zero-order valence-electron chi connectivity index (χ0n) is 14.4. The van der Waals surface area contributed by atoms with Crippen LogP contribution in [0.25, 0.3) is 0 Å². The highest BCUT2D eigenvalue weighted by Gasteiger charge is 2.40. The minimum absolute atomic E-state index is 0.169. The lowest BCUT2D eigenvalue weighted by Crippen LogP contribution is -2.53. The SMILES string of the molecule is Cc1cccc(CN2C[C@H]3OCCN(CC(=O)N(C)C)[C@H]3C2)c1. The van der Waals surface area contributed by atoms with Crippen molar-refractivity contribution in [2.45, 2.75) is 25.6 Å².